The number of amides is 2. The lowest BCUT2D eigenvalue weighted by Gasteiger charge is -2.29. The summed E-state index contributed by atoms with van der Waals surface area (Å²) in [5.41, 5.74) is 4.73. The number of para-hydroxylation sites is 1. The summed E-state index contributed by atoms with van der Waals surface area (Å²) in [6, 6.07) is 15.1. The van der Waals surface area contributed by atoms with Gasteiger partial charge in [0.2, 0.25) is 5.91 Å². The number of fused-ring (bicyclic) bond motifs is 4. The van der Waals surface area contributed by atoms with Gasteiger partial charge < -0.3 is 4.74 Å². The summed E-state index contributed by atoms with van der Waals surface area (Å²) in [6.07, 6.45) is 5.87. The lowest BCUT2D eigenvalue weighted by Crippen LogP contribution is -2.40. The number of carbonyl (C=O) groups excluding carboxylic acids is 2. The summed E-state index contributed by atoms with van der Waals surface area (Å²) in [6.45, 7) is 4.08. The minimum absolute atomic E-state index is 0.0984. The summed E-state index contributed by atoms with van der Waals surface area (Å²) in [5, 5.41) is 2.81. The predicted octanol–water partition coefficient (Wildman–Crippen LogP) is 5.03. The SMILES string of the molecule is CC(C)OC(=O)Nc1ccc2c(c1)N(C(=O)CN1C3CCC1CC3)c1ccccc1CC2. The zero-order valence-electron chi connectivity index (χ0n) is 18.8. The van der Waals surface area contributed by atoms with Crippen LogP contribution in [0.25, 0.3) is 0 Å². The summed E-state index contributed by atoms with van der Waals surface area (Å²) < 4.78 is 5.24. The highest BCUT2D eigenvalue weighted by Crippen LogP contribution is 2.40. The Morgan fingerprint density at radius 2 is 1.62 bits per heavy atom. The highest BCUT2D eigenvalue weighted by Gasteiger charge is 2.41. The van der Waals surface area contributed by atoms with E-state index in [1.807, 2.05) is 55.1 Å². The third-order valence-corrected chi connectivity index (χ3v) is 6.98. The molecule has 168 valence electrons. The molecule has 0 radical (unpaired) electrons. The Balaban J connectivity index is 1.49. The second-order valence-corrected chi connectivity index (χ2v) is 9.42. The molecule has 0 atom stereocenters. The second kappa shape index (κ2) is 8.58. The van der Waals surface area contributed by atoms with Crippen LogP contribution in [0.5, 0.6) is 0 Å². The van der Waals surface area contributed by atoms with E-state index in [0.29, 0.717) is 24.3 Å². The molecule has 2 aromatic rings. The maximum Gasteiger partial charge on any atom is 0.411 e. The smallest absolute Gasteiger partial charge is 0.411 e. The van der Waals surface area contributed by atoms with E-state index in [4.69, 9.17) is 4.74 Å². The van der Waals surface area contributed by atoms with E-state index in [-0.39, 0.29) is 12.0 Å². The molecule has 3 aliphatic heterocycles. The van der Waals surface area contributed by atoms with Crippen molar-refractivity contribution in [3.05, 3.63) is 53.6 Å². The van der Waals surface area contributed by atoms with E-state index < -0.39 is 6.09 Å². The Morgan fingerprint density at radius 1 is 0.969 bits per heavy atom. The molecular weight excluding hydrogens is 402 g/mol. The fraction of sp³-hybridized carbons (Fsp3) is 0.462. The molecule has 2 bridgehead atoms. The van der Waals surface area contributed by atoms with E-state index in [0.717, 1.165) is 29.8 Å². The van der Waals surface area contributed by atoms with Gasteiger partial charge in [-0.3, -0.25) is 19.9 Å². The Hall–Kier alpha value is -2.86. The second-order valence-electron chi connectivity index (χ2n) is 9.42. The molecule has 3 heterocycles. The quantitative estimate of drug-likeness (QED) is 0.734. The van der Waals surface area contributed by atoms with Crippen LogP contribution >= 0.6 is 0 Å². The average Bonchev–Trinajstić information content (AvgIpc) is 3.27. The van der Waals surface area contributed by atoms with E-state index in [1.165, 1.54) is 31.2 Å². The molecule has 0 aliphatic carbocycles. The molecule has 0 aromatic heterocycles. The Morgan fingerprint density at radius 3 is 2.31 bits per heavy atom. The van der Waals surface area contributed by atoms with Crippen LogP contribution in [0.1, 0.15) is 50.7 Å². The van der Waals surface area contributed by atoms with Crippen molar-refractivity contribution in [2.45, 2.75) is 70.6 Å². The van der Waals surface area contributed by atoms with Crippen molar-refractivity contribution < 1.29 is 14.3 Å². The fourth-order valence-electron chi connectivity index (χ4n) is 5.54. The normalized spacial score (nSPS) is 21.8. The molecule has 2 fully saturated rings. The van der Waals surface area contributed by atoms with Crippen LogP contribution in [0.3, 0.4) is 0 Å². The molecule has 2 saturated heterocycles. The summed E-state index contributed by atoms with van der Waals surface area (Å²) >= 11 is 0. The molecule has 6 heteroatoms. The average molecular weight is 434 g/mol. The first-order valence-corrected chi connectivity index (χ1v) is 11.8. The molecule has 6 nitrogen and oxygen atoms in total. The minimum Gasteiger partial charge on any atom is -0.447 e. The van der Waals surface area contributed by atoms with Gasteiger partial charge in [0.05, 0.1) is 24.0 Å². The Kier molecular flexibility index (Phi) is 5.64. The zero-order valence-corrected chi connectivity index (χ0v) is 18.8. The van der Waals surface area contributed by atoms with Crippen molar-refractivity contribution >= 4 is 29.1 Å². The largest absolute Gasteiger partial charge is 0.447 e. The van der Waals surface area contributed by atoms with Crippen LogP contribution in [0.2, 0.25) is 0 Å². The van der Waals surface area contributed by atoms with Crippen molar-refractivity contribution in [3.63, 3.8) is 0 Å². The lowest BCUT2D eigenvalue weighted by atomic mass is 10.0. The first-order chi connectivity index (χ1) is 15.5. The molecule has 1 N–H and O–H groups in total. The molecule has 0 saturated carbocycles. The van der Waals surface area contributed by atoms with Crippen molar-refractivity contribution in [2.75, 3.05) is 16.8 Å². The predicted molar refractivity (Wildman–Crippen MR) is 125 cm³/mol. The monoisotopic (exact) mass is 433 g/mol. The number of anilines is 3. The van der Waals surface area contributed by atoms with E-state index >= 15 is 0 Å². The third kappa shape index (κ3) is 3.99. The first-order valence-electron chi connectivity index (χ1n) is 11.8. The number of rotatable bonds is 4. The number of nitrogens with one attached hydrogen (secondary N) is 1. The van der Waals surface area contributed by atoms with Crippen LogP contribution in [0.15, 0.2) is 42.5 Å². The van der Waals surface area contributed by atoms with Crippen molar-refractivity contribution in [1.29, 1.82) is 0 Å². The number of carbonyl (C=O) groups is 2. The van der Waals surface area contributed by atoms with Gasteiger partial charge in [-0.25, -0.2) is 4.79 Å². The molecule has 5 rings (SSSR count). The summed E-state index contributed by atoms with van der Waals surface area (Å²) in [5.74, 6) is 0.0984. The van der Waals surface area contributed by atoms with E-state index in [9.17, 15) is 9.59 Å². The van der Waals surface area contributed by atoms with Crippen LogP contribution < -0.4 is 10.2 Å². The first kappa shape index (κ1) is 21.0. The van der Waals surface area contributed by atoms with Gasteiger partial charge in [-0.15, -0.1) is 0 Å². The van der Waals surface area contributed by atoms with Gasteiger partial charge in [-0.1, -0.05) is 24.3 Å². The lowest BCUT2D eigenvalue weighted by molar-refractivity contribution is -0.119. The Labute approximate surface area is 189 Å². The van der Waals surface area contributed by atoms with Gasteiger partial charge in [-0.05, 0) is 81.7 Å². The Bertz CT molecular complexity index is 1010. The number of nitrogens with zero attached hydrogens (tertiary/aromatic N) is 2. The van der Waals surface area contributed by atoms with E-state index in [2.05, 4.69) is 16.3 Å². The van der Waals surface area contributed by atoms with Crippen molar-refractivity contribution in [3.8, 4) is 0 Å². The highest BCUT2D eigenvalue weighted by molar-refractivity contribution is 6.04. The van der Waals surface area contributed by atoms with Gasteiger partial charge in [-0.2, -0.15) is 0 Å². The summed E-state index contributed by atoms with van der Waals surface area (Å²) in [7, 11) is 0. The molecule has 3 aliphatic rings. The van der Waals surface area contributed by atoms with Gasteiger partial charge in [0.15, 0.2) is 0 Å². The number of ether oxygens (including phenoxy) is 1. The van der Waals surface area contributed by atoms with Gasteiger partial charge in [0.25, 0.3) is 0 Å². The molecule has 2 amide bonds. The molecular formula is C26H31N3O3. The number of hydrogen-bond donors (Lipinski definition) is 1. The third-order valence-electron chi connectivity index (χ3n) is 6.98. The fourth-order valence-corrected chi connectivity index (χ4v) is 5.54. The number of aryl methyl sites for hydroxylation is 2. The maximum atomic E-state index is 13.8. The van der Waals surface area contributed by atoms with Crippen LogP contribution in [-0.4, -0.2) is 41.6 Å². The standard InChI is InChI=1S/C26H31N3O3/c1-17(2)32-26(31)27-20-10-9-19-8-7-18-5-3-4-6-23(18)29(24(19)15-20)25(30)16-28-21-11-12-22(28)14-13-21/h3-6,9-10,15,17,21-22H,7-8,11-14,16H2,1-2H3,(H,27,31). The van der Waals surface area contributed by atoms with Crippen LogP contribution in [-0.2, 0) is 22.4 Å². The number of hydrogen-bond acceptors (Lipinski definition) is 4. The van der Waals surface area contributed by atoms with Crippen LogP contribution in [0.4, 0.5) is 21.9 Å². The molecule has 32 heavy (non-hydrogen) atoms. The minimum atomic E-state index is -0.486. The maximum absolute atomic E-state index is 13.8. The topological polar surface area (TPSA) is 61.9 Å². The van der Waals surface area contributed by atoms with Crippen LogP contribution in [0, 0.1) is 0 Å². The van der Waals surface area contributed by atoms with Crippen molar-refractivity contribution in [1.82, 2.24) is 4.90 Å². The molecule has 0 unspecified atom stereocenters. The molecule has 0 spiro atoms. The highest BCUT2D eigenvalue weighted by atomic mass is 16.6. The summed E-state index contributed by atoms with van der Waals surface area (Å²) in [4.78, 5) is 30.3. The van der Waals surface area contributed by atoms with Gasteiger partial charge in [0.1, 0.15) is 0 Å². The zero-order chi connectivity index (χ0) is 22.2. The van der Waals surface area contributed by atoms with E-state index in [1.54, 1.807) is 0 Å². The number of benzene rings is 2. The van der Waals surface area contributed by atoms with Gasteiger partial charge in [0, 0.05) is 17.8 Å². The van der Waals surface area contributed by atoms with Gasteiger partial charge >= 0.3 is 6.09 Å². The van der Waals surface area contributed by atoms with Crippen molar-refractivity contribution in [2.24, 2.45) is 0 Å². The molecule has 2 aromatic carbocycles.